The Hall–Kier alpha value is -2.80. The average Bonchev–Trinajstić information content (AvgIpc) is 3.40. The van der Waals surface area contributed by atoms with Crippen molar-refractivity contribution in [1.82, 2.24) is 15.5 Å². The molecule has 0 unspecified atom stereocenters. The summed E-state index contributed by atoms with van der Waals surface area (Å²) in [6.45, 7) is 2.44. The lowest BCUT2D eigenvalue weighted by molar-refractivity contribution is -0.139. The Kier molecular flexibility index (Phi) is 8.72. The summed E-state index contributed by atoms with van der Waals surface area (Å²) in [6, 6.07) is 11.0. The van der Waals surface area contributed by atoms with Gasteiger partial charge >= 0.3 is 0 Å². The molecule has 1 saturated heterocycles. The summed E-state index contributed by atoms with van der Waals surface area (Å²) < 4.78 is 27.9. The van der Waals surface area contributed by atoms with Crippen LogP contribution >= 0.6 is 0 Å². The molecule has 5 nitrogen and oxygen atoms in total. The van der Waals surface area contributed by atoms with E-state index in [0.717, 1.165) is 55.7 Å². The van der Waals surface area contributed by atoms with E-state index in [1.165, 1.54) is 12.5 Å². The number of benzene rings is 2. The summed E-state index contributed by atoms with van der Waals surface area (Å²) in [7, 11) is 1.74. The zero-order valence-electron chi connectivity index (χ0n) is 21.2. The number of halogens is 2. The zero-order chi connectivity index (χ0) is 25.7. The smallest absolute Gasteiger partial charge is 0.245 e. The van der Waals surface area contributed by atoms with E-state index in [2.05, 4.69) is 10.6 Å². The molecule has 2 amide bonds. The van der Waals surface area contributed by atoms with Gasteiger partial charge in [-0.05, 0) is 68.3 Å². The van der Waals surface area contributed by atoms with Crippen LogP contribution in [0, 0.1) is 17.6 Å². The SMILES string of the molecule is CN[C@@H](C)C(=O)N[C@H](C(=O)N1CCC[C@H]1c1cccc(Cc2cccc(F)c2F)c1)C1CCCCC1. The highest BCUT2D eigenvalue weighted by Crippen LogP contribution is 2.35. The molecule has 2 aromatic rings. The van der Waals surface area contributed by atoms with Crippen LogP contribution in [0.4, 0.5) is 8.78 Å². The Morgan fingerprint density at radius 1 is 1.03 bits per heavy atom. The molecule has 36 heavy (non-hydrogen) atoms. The molecule has 0 bridgehead atoms. The maximum absolute atomic E-state index is 14.2. The Balaban J connectivity index is 1.55. The van der Waals surface area contributed by atoms with Gasteiger partial charge in [0.05, 0.1) is 12.1 Å². The van der Waals surface area contributed by atoms with Crippen molar-refractivity contribution in [1.29, 1.82) is 0 Å². The summed E-state index contributed by atoms with van der Waals surface area (Å²) in [6.07, 6.45) is 7.21. The van der Waals surface area contributed by atoms with E-state index in [9.17, 15) is 18.4 Å². The Morgan fingerprint density at radius 2 is 1.78 bits per heavy atom. The van der Waals surface area contributed by atoms with Crippen LogP contribution in [-0.4, -0.2) is 42.4 Å². The van der Waals surface area contributed by atoms with Gasteiger partial charge in [-0.1, -0.05) is 55.7 Å². The predicted octanol–water partition coefficient (Wildman–Crippen LogP) is 4.89. The number of hydrogen-bond donors (Lipinski definition) is 2. The molecule has 2 N–H and O–H groups in total. The minimum absolute atomic E-state index is 0.0115. The van der Waals surface area contributed by atoms with Crippen LogP contribution in [-0.2, 0) is 16.0 Å². The fourth-order valence-corrected chi connectivity index (χ4v) is 5.63. The normalized spacial score (nSPS) is 20.2. The monoisotopic (exact) mass is 497 g/mol. The van der Waals surface area contributed by atoms with Crippen molar-refractivity contribution in [2.75, 3.05) is 13.6 Å². The van der Waals surface area contributed by atoms with Crippen molar-refractivity contribution in [3.8, 4) is 0 Å². The lowest BCUT2D eigenvalue weighted by Crippen LogP contribution is -2.55. The molecule has 2 aromatic carbocycles. The largest absolute Gasteiger partial charge is 0.343 e. The van der Waals surface area contributed by atoms with Crippen molar-refractivity contribution in [3.63, 3.8) is 0 Å². The van der Waals surface area contributed by atoms with E-state index in [1.54, 1.807) is 20.0 Å². The summed E-state index contributed by atoms with van der Waals surface area (Å²) in [5, 5.41) is 6.03. The van der Waals surface area contributed by atoms with Gasteiger partial charge in [0.15, 0.2) is 11.6 Å². The second-order valence-corrected chi connectivity index (χ2v) is 10.2. The van der Waals surface area contributed by atoms with Crippen LogP contribution in [0.2, 0.25) is 0 Å². The van der Waals surface area contributed by atoms with Crippen LogP contribution in [0.25, 0.3) is 0 Å². The molecule has 0 aromatic heterocycles. The molecule has 1 heterocycles. The number of nitrogens with zero attached hydrogens (tertiary/aromatic N) is 1. The predicted molar refractivity (Wildman–Crippen MR) is 136 cm³/mol. The molecule has 1 aliphatic carbocycles. The van der Waals surface area contributed by atoms with Gasteiger partial charge in [0.2, 0.25) is 11.8 Å². The first-order valence-electron chi connectivity index (χ1n) is 13.2. The first-order chi connectivity index (χ1) is 17.4. The molecule has 3 atom stereocenters. The maximum Gasteiger partial charge on any atom is 0.245 e. The van der Waals surface area contributed by atoms with Crippen molar-refractivity contribution >= 4 is 11.8 Å². The summed E-state index contributed by atoms with van der Waals surface area (Å²) >= 11 is 0. The fraction of sp³-hybridized carbons (Fsp3) is 0.517. The number of likely N-dealkylation sites (N-methyl/N-ethyl adjacent to an activating group) is 1. The van der Waals surface area contributed by atoms with E-state index < -0.39 is 17.7 Å². The quantitative estimate of drug-likeness (QED) is 0.546. The summed E-state index contributed by atoms with van der Waals surface area (Å²) in [5.41, 5.74) is 2.17. The van der Waals surface area contributed by atoms with Crippen LogP contribution in [0.15, 0.2) is 42.5 Å². The van der Waals surface area contributed by atoms with Gasteiger partial charge in [-0.15, -0.1) is 0 Å². The first kappa shape index (κ1) is 26.3. The lowest BCUT2D eigenvalue weighted by Gasteiger charge is -2.35. The molecular formula is C29H37F2N3O2. The number of carbonyl (C=O) groups excluding carboxylic acids is 2. The molecule has 2 fully saturated rings. The van der Waals surface area contributed by atoms with E-state index >= 15 is 0 Å². The van der Waals surface area contributed by atoms with Crippen LogP contribution < -0.4 is 10.6 Å². The van der Waals surface area contributed by atoms with Gasteiger partial charge < -0.3 is 15.5 Å². The molecular weight excluding hydrogens is 460 g/mol. The maximum atomic E-state index is 14.2. The van der Waals surface area contributed by atoms with Crippen molar-refractivity contribution < 1.29 is 18.4 Å². The molecule has 0 radical (unpaired) electrons. The van der Waals surface area contributed by atoms with Crippen molar-refractivity contribution in [2.45, 2.75) is 76.4 Å². The lowest BCUT2D eigenvalue weighted by atomic mass is 9.83. The third-order valence-electron chi connectivity index (χ3n) is 7.81. The van der Waals surface area contributed by atoms with E-state index in [4.69, 9.17) is 0 Å². The molecule has 0 spiro atoms. The number of hydrogen-bond acceptors (Lipinski definition) is 3. The number of nitrogens with one attached hydrogen (secondary N) is 2. The van der Waals surface area contributed by atoms with Gasteiger partial charge in [-0.2, -0.15) is 0 Å². The van der Waals surface area contributed by atoms with Crippen LogP contribution in [0.3, 0.4) is 0 Å². The molecule has 194 valence electrons. The molecule has 7 heteroatoms. The van der Waals surface area contributed by atoms with Gasteiger partial charge in [0, 0.05) is 13.0 Å². The number of amides is 2. The molecule has 4 rings (SSSR count). The van der Waals surface area contributed by atoms with Crippen molar-refractivity contribution in [2.24, 2.45) is 5.92 Å². The molecule has 1 aliphatic heterocycles. The standard InChI is InChI=1S/C29H37F2N3O2/c1-19(32-2)28(35)33-27(21-10-4-3-5-11-21)29(36)34-16-8-15-25(34)22-12-6-9-20(17-22)18-23-13-7-14-24(30)26(23)31/h6-7,9,12-14,17,19,21,25,27,32H,3-5,8,10-11,15-16,18H2,1-2H3,(H,33,35)/t19-,25-,27-/m0/s1. The minimum Gasteiger partial charge on any atom is -0.343 e. The van der Waals surface area contributed by atoms with Crippen LogP contribution in [0.1, 0.15) is 74.6 Å². The highest BCUT2D eigenvalue weighted by Gasteiger charge is 2.39. The fourth-order valence-electron chi connectivity index (χ4n) is 5.63. The second-order valence-electron chi connectivity index (χ2n) is 10.2. The van der Waals surface area contributed by atoms with Crippen LogP contribution in [0.5, 0.6) is 0 Å². The number of carbonyl (C=O) groups is 2. The summed E-state index contributed by atoms with van der Waals surface area (Å²) in [4.78, 5) is 28.6. The van der Waals surface area contributed by atoms with E-state index in [1.807, 2.05) is 29.2 Å². The third-order valence-corrected chi connectivity index (χ3v) is 7.81. The van der Waals surface area contributed by atoms with E-state index in [0.29, 0.717) is 12.1 Å². The zero-order valence-corrected chi connectivity index (χ0v) is 21.2. The Morgan fingerprint density at radius 3 is 2.53 bits per heavy atom. The summed E-state index contributed by atoms with van der Waals surface area (Å²) in [5.74, 6) is -1.69. The molecule has 1 saturated carbocycles. The number of rotatable bonds is 8. The highest BCUT2D eigenvalue weighted by atomic mass is 19.2. The van der Waals surface area contributed by atoms with Gasteiger partial charge in [0.1, 0.15) is 6.04 Å². The van der Waals surface area contributed by atoms with Gasteiger partial charge in [-0.25, -0.2) is 8.78 Å². The topological polar surface area (TPSA) is 61.4 Å². The van der Waals surface area contributed by atoms with Crippen molar-refractivity contribution in [3.05, 3.63) is 70.8 Å². The molecule has 2 aliphatic rings. The number of likely N-dealkylation sites (tertiary alicyclic amines) is 1. The van der Waals surface area contributed by atoms with Gasteiger partial charge in [0.25, 0.3) is 0 Å². The second kappa shape index (κ2) is 12.0. The average molecular weight is 498 g/mol. The Labute approximate surface area is 212 Å². The first-order valence-corrected chi connectivity index (χ1v) is 13.2. The Bertz CT molecular complexity index is 1070. The van der Waals surface area contributed by atoms with E-state index in [-0.39, 0.29) is 36.2 Å². The minimum atomic E-state index is -0.848. The highest BCUT2D eigenvalue weighted by molar-refractivity contribution is 5.90. The van der Waals surface area contributed by atoms with Gasteiger partial charge in [-0.3, -0.25) is 9.59 Å². The third kappa shape index (κ3) is 5.94.